The standard InChI is InChI=1S/C15H18N4O3/c1-2-11(9-20)17-15(21)13-14(16)19(22)8-12(18-13)10-6-4-3-5-7-10/h3-8,11,16,20,22H,2,9H2,1H3,(H,17,21). The van der Waals surface area contributed by atoms with Crippen LogP contribution in [0.25, 0.3) is 11.3 Å². The maximum atomic E-state index is 12.2. The van der Waals surface area contributed by atoms with E-state index in [1.165, 1.54) is 6.20 Å². The van der Waals surface area contributed by atoms with Gasteiger partial charge in [0.05, 0.1) is 24.5 Å². The zero-order valence-corrected chi connectivity index (χ0v) is 12.2. The van der Waals surface area contributed by atoms with Gasteiger partial charge in [0.25, 0.3) is 5.91 Å². The van der Waals surface area contributed by atoms with Gasteiger partial charge >= 0.3 is 0 Å². The minimum absolute atomic E-state index is 0.198. The molecular formula is C15H18N4O3. The highest BCUT2D eigenvalue weighted by Crippen LogP contribution is 2.14. The second kappa shape index (κ2) is 6.86. The number of aliphatic hydroxyl groups excluding tert-OH is 1. The first-order chi connectivity index (χ1) is 10.6. The van der Waals surface area contributed by atoms with Crippen LogP contribution in [0.5, 0.6) is 0 Å². The molecule has 1 aromatic carbocycles. The van der Waals surface area contributed by atoms with Crippen molar-refractivity contribution in [3.63, 3.8) is 0 Å². The second-order valence-corrected chi connectivity index (χ2v) is 4.80. The van der Waals surface area contributed by atoms with Crippen molar-refractivity contribution in [2.45, 2.75) is 19.4 Å². The monoisotopic (exact) mass is 302 g/mol. The molecule has 2 rings (SSSR count). The summed E-state index contributed by atoms with van der Waals surface area (Å²) in [5.41, 5.74) is 0.482. The van der Waals surface area contributed by atoms with E-state index in [1.807, 2.05) is 25.1 Å². The van der Waals surface area contributed by atoms with E-state index in [4.69, 9.17) is 10.5 Å². The fraction of sp³-hybridized carbons (Fsp3) is 0.267. The predicted octanol–water partition coefficient (Wildman–Crippen LogP) is 0.768. The lowest BCUT2D eigenvalue weighted by Gasteiger charge is -2.14. The molecule has 4 N–H and O–H groups in total. The van der Waals surface area contributed by atoms with Gasteiger partial charge in [-0.2, -0.15) is 4.73 Å². The van der Waals surface area contributed by atoms with Crippen molar-refractivity contribution in [3.05, 3.63) is 47.7 Å². The maximum absolute atomic E-state index is 12.2. The van der Waals surface area contributed by atoms with Crippen molar-refractivity contribution in [3.8, 4) is 11.3 Å². The molecule has 2 aromatic rings. The number of benzene rings is 1. The van der Waals surface area contributed by atoms with Crippen LogP contribution in [0, 0.1) is 5.41 Å². The molecule has 1 aromatic heterocycles. The third-order valence-electron chi connectivity index (χ3n) is 3.26. The molecule has 0 radical (unpaired) electrons. The lowest BCUT2D eigenvalue weighted by Crippen LogP contribution is -2.41. The Bertz CT molecular complexity index is 708. The lowest BCUT2D eigenvalue weighted by atomic mass is 10.1. The SMILES string of the molecule is CCC(CO)NC(=O)c1nc(-c2ccccc2)cn(O)c1=N. The molecular weight excluding hydrogens is 284 g/mol. The van der Waals surface area contributed by atoms with Crippen LogP contribution in [0.2, 0.25) is 0 Å². The van der Waals surface area contributed by atoms with E-state index >= 15 is 0 Å². The summed E-state index contributed by atoms with van der Waals surface area (Å²) in [4.78, 5) is 16.4. The van der Waals surface area contributed by atoms with Gasteiger partial charge in [-0.1, -0.05) is 37.3 Å². The Labute approximate surface area is 127 Å². The van der Waals surface area contributed by atoms with E-state index in [2.05, 4.69) is 10.3 Å². The minimum atomic E-state index is -0.605. The topological polar surface area (TPSA) is 111 Å². The van der Waals surface area contributed by atoms with Crippen molar-refractivity contribution in [2.75, 3.05) is 6.61 Å². The zero-order valence-electron chi connectivity index (χ0n) is 12.2. The first-order valence-corrected chi connectivity index (χ1v) is 6.91. The molecule has 1 atom stereocenters. The van der Waals surface area contributed by atoms with Crippen LogP contribution in [0.15, 0.2) is 36.5 Å². The Morgan fingerprint density at radius 2 is 2.09 bits per heavy atom. The summed E-state index contributed by atoms with van der Waals surface area (Å²) in [6.07, 6.45) is 1.82. The van der Waals surface area contributed by atoms with Crippen molar-refractivity contribution in [1.29, 1.82) is 5.41 Å². The van der Waals surface area contributed by atoms with Gasteiger partial charge in [-0.25, -0.2) is 4.98 Å². The molecule has 0 saturated heterocycles. The van der Waals surface area contributed by atoms with E-state index < -0.39 is 17.4 Å². The average Bonchev–Trinajstić information content (AvgIpc) is 2.55. The highest BCUT2D eigenvalue weighted by atomic mass is 16.5. The summed E-state index contributed by atoms with van der Waals surface area (Å²) in [5, 5.41) is 29.3. The summed E-state index contributed by atoms with van der Waals surface area (Å²) in [5.74, 6) is -0.605. The molecule has 0 saturated carbocycles. The van der Waals surface area contributed by atoms with Crippen LogP contribution in [-0.2, 0) is 0 Å². The number of hydrogen-bond donors (Lipinski definition) is 4. The molecule has 0 aliphatic carbocycles. The number of amides is 1. The maximum Gasteiger partial charge on any atom is 0.274 e. The number of carbonyl (C=O) groups is 1. The molecule has 116 valence electrons. The molecule has 0 bridgehead atoms. The Kier molecular flexibility index (Phi) is 4.90. The fourth-order valence-corrected chi connectivity index (χ4v) is 1.93. The molecule has 7 heteroatoms. The molecule has 1 heterocycles. The molecule has 7 nitrogen and oxygen atoms in total. The van der Waals surface area contributed by atoms with Crippen molar-refractivity contribution >= 4 is 5.91 Å². The van der Waals surface area contributed by atoms with Crippen LogP contribution in [0.3, 0.4) is 0 Å². The van der Waals surface area contributed by atoms with Crippen molar-refractivity contribution in [2.24, 2.45) is 0 Å². The number of nitrogens with one attached hydrogen (secondary N) is 2. The Morgan fingerprint density at radius 3 is 2.68 bits per heavy atom. The van der Waals surface area contributed by atoms with E-state index in [-0.39, 0.29) is 12.3 Å². The summed E-state index contributed by atoms with van der Waals surface area (Å²) in [7, 11) is 0. The van der Waals surface area contributed by atoms with Crippen LogP contribution in [0.1, 0.15) is 23.8 Å². The van der Waals surface area contributed by atoms with Gasteiger partial charge < -0.3 is 15.6 Å². The normalized spacial score (nSPS) is 11.9. The molecule has 0 spiro atoms. The van der Waals surface area contributed by atoms with E-state index in [0.717, 1.165) is 0 Å². The molecule has 1 amide bonds. The molecule has 1 unspecified atom stereocenters. The van der Waals surface area contributed by atoms with Gasteiger partial charge in [0.15, 0.2) is 11.2 Å². The molecule has 0 aliphatic rings. The molecule has 0 aliphatic heterocycles. The van der Waals surface area contributed by atoms with Crippen LogP contribution in [-0.4, -0.2) is 38.6 Å². The number of aliphatic hydroxyl groups is 1. The van der Waals surface area contributed by atoms with Gasteiger partial charge in [0.1, 0.15) is 0 Å². The lowest BCUT2D eigenvalue weighted by molar-refractivity contribution is 0.0898. The van der Waals surface area contributed by atoms with Crippen LogP contribution >= 0.6 is 0 Å². The van der Waals surface area contributed by atoms with Gasteiger partial charge in [-0.15, -0.1) is 0 Å². The fourth-order valence-electron chi connectivity index (χ4n) is 1.93. The Balaban J connectivity index is 2.41. The number of aromatic nitrogens is 2. The van der Waals surface area contributed by atoms with Gasteiger partial charge in [0.2, 0.25) is 0 Å². The van der Waals surface area contributed by atoms with Crippen molar-refractivity contribution in [1.82, 2.24) is 15.0 Å². The summed E-state index contributed by atoms with van der Waals surface area (Å²) in [6, 6.07) is 8.63. The predicted molar refractivity (Wildman–Crippen MR) is 79.3 cm³/mol. The number of nitrogens with zero attached hydrogens (tertiary/aromatic N) is 2. The van der Waals surface area contributed by atoms with Gasteiger partial charge in [0, 0.05) is 5.56 Å². The third-order valence-corrected chi connectivity index (χ3v) is 3.26. The first kappa shape index (κ1) is 15.7. The minimum Gasteiger partial charge on any atom is -0.427 e. The Morgan fingerprint density at radius 1 is 1.41 bits per heavy atom. The Hall–Kier alpha value is -2.67. The smallest absolute Gasteiger partial charge is 0.274 e. The van der Waals surface area contributed by atoms with E-state index in [1.54, 1.807) is 12.1 Å². The van der Waals surface area contributed by atoms with Crippen molar-refractivity contribution < 1.29 is 15.1 Å². The second-order valence-electron chi connectivity index (χ2n) is 4.80. The average molecular weight is 302 g/mol. The number of hydrogen-bond acceptors (Lipinski definition) is 5. The van der Waals surface area contributed by atoms with E-state index in [9.17, 15) is 10.0 Å². The molecule has 22 heavy (non-hydrogen) atoms. The molecule has 0 fully saturated rings. The summed E-state index contributed by atoms with van der Waals surface area (Å²) >= 11 is 0. The number of rotatable bonds is 5. The zero-order chi connectivity index (χ0) is 16.1. The highest BCUT2D eigenvalue weighted by molar-refractivity contribution is 5.92. The summed E-state index contributed by atoms with van der Waals surface area (Å²) < 4.78 is 0.560. The number of carbonyl (C=O) groups excluding carboxylic acids is 1. The van der Waals surface area contributed by atoms with Gasteiger partial charge in [-0.3, -0.25) is 10.2 Å². The largest absolute Gasteiger partial charge is 0.427 e. The highest BCUT2D eigenvalue weighted by Gasteiger charge is 2.17. The van der Waals surface area contributed by atoms with Gasteiger partial charge in [-0.05, 0) is 6.42 Å². The summed E-state index contributed by atoms with van der Waals surface area (Å²) in [6.45, 7) is 1.62. The quantitative estimate of drug-likeness (QED) is 0.611. The third kappa shape index (κ3) is 3.32. The van der Waals surface area contributed by atoms with Crippen LogP contribution in [0.4, 0.5) is 0 Å². The van der Waals surface area contributed by atoms with E-state index in [0.29, 0.717) is 22.4 Å². The first-order valence-electron chi connectivity index (χ1n) is 6.91. The van der Waals surface area contributed by atoms with Crippen LogP contribution < -0.4 is 10.8 Å².